The summed E-state index contributed by atoms with van der Waals surface area (Å²) in [5.74, 6) is 2.16. The number of aliphatic imine (C=N–C) groups is 2. The highest BCUT2D eigenvalue weighted by molar-refractivity contribution is 8.00. The number of carbonyl (C=O) groups excluding carboxylic acids is 1. The van der Waals surface area contributed by atoms with Crippen molar-refractivity contribution in [3.8, 4) is 0 Å². The van der Waals surface area contributed by atoms with E-state index in [1.165, 1.54) is 0 Å². The third-order valence-electron chi connectivity index (χ3n) is 5.60. The van der Waals surface area contributed by atoms with Crippen LogP contribution in [0.1, 0.15) is 32.6 Å². The van der Waals surface area contributed by atoms with Crippen LogP contribution in [0, 0.1) is 11.8 Å². The largest absolute Gasteiger partial charge is 0.493 e. The van der Waals surface area contributed by atoms with Crippen LogP contribution >= 0.6 is 11.8 Å². The van der Waals surface area contributed by atoms with Gasteiger partial charge >= 0.3 is 0 Å². The Kier molecular flexibility index (Phi) is 6.65. The highest BCUT2D eigenvalue weighted by Gasteiger charge is 2.32. The maximum atomic E-state index is 12.6. The second-order valence-electron chi connectivity index (χ2n) is 7.76. The predicted octanol–water partition coefficient (Wildman–Crippen LogP) is 3.18. The number of allylic oxidation sites excluding steroid dienone is 2. The van der Waals surface area contributed by atoms with Crippen molar-refractivity contribution in [2.24, 2.45) is 21.8 Å². The minimum absolute atomic E-state index is 0.110. The van der Waals surface area contributed by atoms with Gasteiger partial charge in [0.1, 0.15) is 17.5 Å². The smallest absolute Gasteiger partial charge is 0.260 e. The first-order valence-corrected chi connectivity index (χ1v) is 11.2. The van der Waals surface area contributed by atoms with Gasteiger partial charge in [0.15, 0.2) is 0 Å². The Bertz CT molecular complexity index is 716. The molecular formula is C21H28N2O4S. The average molecular weight is 405 g/mol. The van der Waals surface area contributed by atoms with E-state index in [2.05, 4.69) is 4.99 Å². The molecule has 2 fully saturated rings. The molecule has 4 rings (SSSR count). The highest BCUT2D eigenvalue weighted by atomic mass is 32.2. The number of amides is 1. The molecule has 1 unspecified atom stereocenters. The lowest BCUT2D eigenvalue weighted by Gasteiger charge is -2.26. The Balaban J connectivity index is 1.39. The van der Waals surface area contributed by atoms with E-state index in [0.29, 0.717) is 29.4 Å². The molecule has 3 aliphatic heterocycles. The number of rotatable bonds is 6. The van der Waals surface area contributed by atoms with Crippen LogP contribution in [0.15, 0.2) is 33.5 Å². The van der Waals surface area contributed by atoms with Crippen molar-refractivity contribution >= 4 is 29.2 Å². The number of nitrogens with zero attached hydrogens (tertiary/aromatic N) is 2. The van der Waals surface area contributed by atoms with Crippen molar-refractivity contribution in [1.29, 1.82) is 0 Å². The molecule has 152 valence electrons. The Labute approximate surface area is 170 Å². The summed E-state index contributed by atoms with van der Waals surface area (Å²) in [5, 5.41) is 0.561. The average Bonchev–Trinajstić information content (AvgIpc) is 2.72. The minimum atomic E-state index is -0.354. The van der Waals surface area contributed by atoms with Gasteiger partial charge in [-0.1, -0.05) is 5.57 Å². The van der Waals surface area contributed by atoms with Crippen LogP contribution < -0.4 is 0 Å². The van der Waals surface area contributed by atoms with Crippen LogP contribution in [0.25, 0.3) is 0 Å². The molecule has 0 aromatic heterocycles. The number of carbonyl (C=O) groups is 1. The third-order valence-corrected chi connectivity index (χ3v) is 6.97. The van der Waals surface area contributed by atoms with Crippen molar-refractivity contribution in [3.05, 3.63) is 23.5 Å². The first-order chi connectivity index (χ1) is 13.7. The zero-order valence-electron chi connectivity index (χ0n) is 16.4. The van der Waals surface area contributed by atoms with Gasteiger partial charge in [-0.2, -0.15) is 16.8 Å². The molecule has 2 saturated heterocycles. The van der Waals surface area contributed by atoms with Crippen molar-refractivity contribution in [1.82, 2.24) is 0 Å². The van der Waals surface area contributed by atoms with Gasteiger partial charge in [-0.05, 0) is 44.6 Å². The van der Waals surface area contributed by atoms with E-state index in [4.69, 9.17) is 19.2 Å². The maximum absolute atomic E-state index is 12.6. The van der Waals surface area contributed by atoms with Crippen LogP contribution in [0.5, 0.6) is 0 Å². The number of thioether (sulfide) groups is 1. The quantitative estimate of drug-likeness (QED) is 0.680. The fourth-order valence-corrected chi connectivity index (χ4v) is 4.95. The molecule has 6 nitrogen and oxygen atoms in total. The molecule has 1 aliphatic carbocycles. The van der Waals surface area contributed by atoms with E-state index >= 15 is 0 Å². The Hall–Kier alpha value is -1.44. The summed E-state index contributed by atoms with van der Waals surface area (Å²) in [6.45, 7) is 5.91. The molecule has 0 radical (unpaired) electrons. The molecule has 0 bridgehead atoms. The predicted molar refractivity (Wildman–Crippen MR) is 111 cm³/mol. The van der Waals surface area contributed by atoms with Crippen LogP contribution in [-0.2, 0) is 19.0 Å². The molecule has 0 N–H and O–H groups in total. The SMILES string of the molecule is CC1=CC(OCC2CCOCC2)=CC2=NC(CSC3CCOCC3)=NC(=O)C12. The van der Waals surface area contributed by atoms with Crippen LogP contribution in [0.2, 0.25) is 0 Å². The second-order valence-corrected chi connectivity index (χ2v) is 9.05. The third kappa shape index (κ3) is 4.93. The molecule has 4 aliphatic rings. The first-order valence-electron chi connectivity index (χ1n) is 10.2. The summed E-state index contributed by atoms with van der Waals surface area (Å²) in [5.41, 5.74) is 1.72. The summed E-state index contributed by atoms with van der Waals surface area (Å²) in [7, 11) is 0. The standard InChI is InChI=1S/C21H28N2O4S/c1-14-10-16(27-12-15-2-6-25-7-3-15)11-18-20(14)21(24)23-19(22-18)13-28-17-4-8-26-9-5-17/h10-11,15,17,20H,2-9,12-13H2,1H3. The summed E-state index contributed by atoms with van der Waals surface area (Å²) >= 11 is 1.83. The van der Waals surface area contributed by atoms with Crippen LogP contribution in [-0.4, -0.2) is 61.5 Å². The van der Waals surface area contributed by atoms with Gasteiger partial charge in [-0.3, -0.25) is 4.79 Å². The summed E-state index contributed by atoms with van der Waals surface area (Å²) in [6.07, 6.45) is 8.06. The molecule has 0 spiro atoms. The molecule has 0 saturated carbocycles. The van der Waals surface area contributed by atoms with Gasteiger partial charge in [0.2, 0.25) is 0 Å². The molecule has 3 heterocycles. The van der Waals surface area contributed by atoms with Gasteiger partial charge in [-0.15, -0.1) is 0 Å². The van der Waals surface area contributed by atoms with Crippen LogP contribution in [0.4, 0.5) is 0 Å². The van der Waals surface area contributed by atoms with Gasteiger partial charge in [0, 0.05) is 37.8 Å². The summed E-state index contributed by atoms with van der Waals surface area (Å²) in [4.78, 5) is 21.6. The van der Waals surface area contributed by atoms with E-state index in [0.717, 1.165) is 69.2 Å². The van der Waals surface area contributed by atoms with Crippen molar-refractivity contribution < 1.29 is 19.0 Å². The fourth-order valence-electron chi connectivity index (χ4n) is 3.91. The lowest BCUT2D eigenvalue weighted by atomic mass is 9.88. The van der Waals surface area contributed by atoms with E-state index in [1.807, 2.05) is 30.8 Å². The number of hydrogen-bond donors (Lipinski definition) is 0. The zero-order valence-corrected chi connectivity index (χ0v) is 17.2. The van der Waals surface area contributed by atoms with Crippen molar-refractivity contribution in [2.75, 3.05) is 38.8 Å². The normalized spacial score (nSPS) is 26.8. The highest BCUT2D eigenvalue weighted by Crippen LogP contribution is 2.29. The molecule has 0 aromatic rings. The molecule has 1 amide bonds. The molecular weight excluding hydrogens is 376 g/mol. The molecule has 1 atom stereocenters. The van der Waals surface area contributed by atoms with Crippen molar-refractivity contribution in [2.45, 2.75) is 37.9 Å². The summed E-state index contributed by atoms with van der Waals surface area (Å²) < 4.78 is 16.9. The molecule has 28 heavy (non-hydrogen) atoms. The number of fused-ring (bicyclic) bond motifs is 1. The molecule has 0 aromatic carbocycles. The van der Waals surface area contributed by atoms with Gasteiger partial charge in [-0.25, -0.2) is 4.99 Å². The number of amidine groups is 1. The van der Waals surface area contributed by atoms with Crippen molar-refractivity contribution in [3.63, 3.8) is 0 Å². The first kappa shape index (κ1) is 19.9. The fraction of sp³-hybridized carbons (Fsp3) is 0.667. The van der Waals surface area contributed by atoms with E-state index in [1.54, 1.807) is 0 Å². The maximum Gasteiger partial charge on any atom is 0.260 e. The lowest BCUT2D eigenvalue weighted by molar-refractivity contribution is -0.118. The second kappa shape index (κ2) is 9.37. The van der Waals surface area contributed by atoms with Gasteiger partial charge < -0.3 is 14.2 Å². The Morgan fingerprint density at radius 2 is 1.79 bits per heavy atom. The van der Waals surface area contributed by atoms with Crippen LogP contribution in [0.3, 0.4) is 0 Å². The zero-order chi connectivity index (χ0) is 19.3. The minimum Gasteiger partial charge on any atom is -0.493 e. The van der Waals surface area contributed by atoms with E-state index in [9.17, 15) is 4.79 Å². The number of hydrogen-bond acceptors (Lipinski definition) is 6. The van der Waals surface area contributed by atoms with E-state index < -0.39 is 0 Å². The number of ether oxygens (including phenoxy) is 3. The topological polar surface area (TPSA) is 69.5 Å². The van der Waals surface area contributed by atoms with E-state index in [-0.39, 0.29) is 11.8 Å². The van der Waals surface area contributed by atoms with Gasteiger partial charge in [0.25, 0.3) is 5.91 Å². The summed E-state index contributed by atoms with van der Waals surface area (Å²) in [6, 6.07) is 0. The Morgan fingerprint density at radius 1 is 1.07 bits per heavy atom. The monoisotopic (exact) mass is 404 g/mol. The van der Waals surface area contributed by atoms with Gasteiger partial charge in [0.05, 0.1) is 18.1 Å². The lowest BCUT2D eigenvalue weighted by Crippen LogP contribution is -2.32. The molecule has 7 heteroatoms. The Morgan fingerprint density at radius 3 is 2.54 bits per heavy atom.